The van der Waals surface area contributed by atoms with Gasteiger partial charge in [-0.3, -0.25) is 0 Å². The summed E-state index contributed by atoms with van der Waals surface area (Å²) in [7, 11) is 0. The molecular weight excluding hydrogens is 216 g/mol. The van der Waals surface area contributed by atoms with Crippen molar-refractivity contribution >= 4 is 5.97 Å². The van der Waals surface area contributed by atoms with Gasteiger partial charge in [0.1, 0.15) is 0 Å². The molecule has 0 bridgehead atoms. The van der Waals surface area contributed by atoms with E-state index in [0.29, 0.717) is 6.61 Å². The van der Waals surface area contributed by atoms with Crippen LogP contribution in [0.25, 0.3) is 0 Å². The van der Waals surface area contributed by atoms with E-state index in [1.807, 2.05) is 0 Å². The lowest BCUT2D eigenvalue weighted by Gasteiger charge is -2.04. The van der Waals surface area contributed by atoms with Gasteiger partial charge >= 0.3 is 0 Å². The summed E-state index contributed by atoms with van der Waals surface area (Å²) in [5.41, 5.74) is 0. The van der Waals surface area contributed by atoms with Crippen molar-refractivity contribution in [3.63, 3.8) is 0 Å². The van der Waals surface area contributed by atoms with Gasteiger partial charge in [0, 0.05) is 6.61 Å². The van der Waals surface area contributed by atoms with Gasteiger partial charge in [0.2, 0.25) is 0 Å². The molecule has 0 aliphatic carbocycles. The molecule has 102 valence electrons. The Morgan fingerprint density at radius 1 is 0.882 bits per heavy atom. The van der Waals surface area contributed by atoms with Gasteiger partial charge in [0.25, 0.3) is 0 Å². The zero-order valence-corrected chi connectivity index (χ0v) is 11.2. The van der Waals surface area contributed by atoms with E-state index in [1.165, 1.54) is 51.4 Å². The average Bonchev–Trinajstić information content (AvgIpc) is 2.30. The first-order valence-corrected chi connectivity index (χ1v) is 7.05. The van der Waals surface area contributed by atoms with Crippen LogP contribution in [0, 0.1) is 0 Å². The fraction of sp³-hybridized carbons (Fsp3) is 0.929. The summed E-state index contributed by atoms with van der Waals surface area (Å²) in [6, 6.07) is 0. The van der Waals surface area contributed by atoms with Gasteiger partial charge in [-0.15, -0.1) is 0 Å². The second kappa shape index (κ2) is 13.5. The standard InChI is InChI=1S/C14H28O3/c1-2-3-4-5-6-7-8-9-10-11-12-17-13-14(15)16/h2-13H2,1H3,(H,15,16)/p-1. The summed E-state index contributed by atoms with van der Waals surface area (Å²) in [4.78, 5) is 10.0. The molecule has 0 aromatic rings. The molecule has 0 saturated carbocycles. The van der Waals surface area contributed by atoms with Crippen molar-refractivity contribution in [1.82, 2.24) is 0 Å². The third kappa shape index (κ3) is 15.4. The van der Waals surface area contributed by atoms with Crippen LogP contribution in [-0.2, 0) is 9.53 Å². The zero-order chi connectivity index (χ0) is 12.8. The van der Waals surface area contributed by atoms with Crippen LogP contribution in [0.2, 0.25) is 0 Å². The highest BCUT2D eigenvalue weighted by Gasteiger charge is 1.93. The van der Waals surface area contributed by atoms with Crippen LogP contribution in [0.5, 0.6) is 0 Å². The molecule has 17 heavy (non-hydrogen) atoms. The Morgan fingerprint density at radius 3 is 1.82 bits per heavy atom. The largest absolute Gasteiger partial charge is 0.548 e. The Bertz CT molecular complexity index is 169. The molecule has 3 heteroatoms. The van der Waals surface area contributed by atoms with E-state index in [9.17, 15) is 9.90 Å². The minimum Gasteiger partial charge on any atom is -0.548 e. The number of hydrogen-bond acceptors (Lipinski definition) is 3. The lowest BCUT2D eigenvalue weighted by atomic mass is 10.1. The quantitative estimate of drug-likeness (QED) is 0.467. The highest BCUT2D eigenvalue weighted by Crippen LogP contribution is 2.10. The maximum atomic E-state index is 10.0. The Balaban J connectivity index is 2.91. The van der Waals surface area contributed by atoms with Gasteiger partial charge in [-0.25, -0.2) is 0 Å². The minimum atomic E-state index is -1.13. The van der Waals surface area contributed by atoms with Crippen molar-refractivity contribution < 1.29 is 14.6 Å². The SMILES string of the molecule is CCCCCCCCCCCCOCC(=O)[O-]. The van der Waals surface area contributed by atoms with Gasteiger partial charge in [-0.05, 0) is 6.42 Å². The summed E-state index contributed by atoms with van der Waals surface area (Å²) in [6.45, 7) is 2.52. The zero-order valence-electron chi connectivity index (χ0n) is 11.2. The smallest absolute Gasteiger partial charge is 0.0861 e. The van der Waals surface area contributed by atoms with Crippen molar-refractivity contribution in [3.8, 4) is 0 Å². The molecule has 0 radical (unpaired) electrons. The predicted octanol–water partition coefficient (Wildman–Crippen LogP) is 2.67. The average molecular weight is 243 g/mol. The predicted molar refractivity (Wildman–Crippen MR) is 67.7 cm³/mol. The molecular formula is C14H27O3-. The second-order valence-electron chi connectivity index (χ2n) is 4.61. The van der Waals surface area contributed by atoms with Gasteiger partial charge in [0.05, 0.1) is 12.6 Å². The topological polar surface area (TPSA) is 49.4 Å². The number of unbranched alkanes of at least 4 members (excludes halogenated alkanes) is 9. The third-order valence-corrected chi connectivity index (χ3v) is 2.86. The van der Waals surface area contributed by atoms with Crippen LogP contribution in [0.15, 0.2) is 0 Å². The Morgan fingerprint density at radius 2 is 1.35 bits per heavy atom. The van der Waals surface area contributed by atoms with Gasteiger partial charge in [-0.2, -0.15) is 0 Å². The van der Waals surface area contributed by atoms with E-state index in [1.54, 1.807) is 0 Å². The molecule has 3 nitrogen and oxygen atoms in total. The summed E-state index contributed by atoms with van der Waals surface area (Å²) in [6.07, 6.45) is 12.8. The highest BCUT2D eigenvalue weighted by atomic mass is 16.5. The lowest BCUT2D eigenvalue weighted by Crippen LogP contribution is -2.27. The Kier molecular flexibility index (Phi) is 13.0. The first kappa shape index (κ1) is 16.4. The van der Waals surface area contributed by atoms with Crippen molar-refractivity contribution in [2.75, 3.05) is 13.2 Å². The van der Waals surface area contributed by atoms with E-state index in [-0.39, 0.29) is 6.61 Å². The van der Waals surface area contributed by atoms with Crippen LogP contribution in [0.1, 0.15) is 71.1 Å². The fourth-order valence-electron chi connectivity index (χ4n) is 1.85. The molecule has 0 amide bonds. The number of hydrogen-bond donors (Lipinski definition) is 0. The van der Waals surface area contributed by atoms with Gasteiger partial charge in [0.15, 0.2) is 0 Å². The molecule has 0 unspecified atom stereocenters. The summed E-state index contributed by atoms with van der Waals surface area (Å²) in [5, 5.41) is 10.0. The number of carboxylic acid groups (broad SMARTS) is 1. The van der Waals surface area contributed by atoms with Crippen LogP contribution < -0.4 is 5.11 Å². The number of ether oxygens (including phenoxy) is 1. The molecule has 0 saturated heterocycles. The number of carbonyl (C=O) groups excluding carboxylic acids is 1. The van der Waals surface area contributed by atoms with E-state index < -0.39 is 5.97 Å². The molecule has 0 aromatic carbocycles. The number of carboxylic acids is 1. The van der Waals surface area contributed by atoms with Crippen LogP contribution in [-0.4, -0.2) is 19.2 Å². The van der Waals surface area contributed by atoms with Crippen molar-refractivity contribution in [2.45, 2.75) is 71.1 Å². The molecule has 0 heterocycles. The number of aliphatic carboxylic acids is 1. The fourth-order valence-corrected chi connectivity index (χ4v) is 1.85. The van der Waals surface area contributed by atoms with E-state index in [2.05, 4.69) is 6.92 Å². The van der Waals surface area contributed by atoms with Crippen molar-refractivity contribution in [2.24, 2.45) is 0 Å². The maximum Gasteiger partial charge on any atom is 0.0861 e. The lowest BCUT2D eigenvalue weighted by molar-refractivity contribution is -0.309. The van der Waals surface area contributed by atoms with Crippen LogP contribution in [0.3, 0.4) is 0 Å². The molecule has 0 spiro atoms. The molecule has 0 aliphatic heterocycles. The van der Waals surface area contributed by atoms with Gasteiger partial charge < -0.3 is 14.6 Å². The molecule has 0 aromatic heterocycles. The minimum absolute atomic E-state index is 0.266. The normalized spacial score (nSPS) is 10.6. The van der Waals surface area contributed by atoms with E-state index in [0.717, 1.165) is 12.8 Å². The summed E-state index contributed by atoms with van der Waals surface area (Å²) < 4.78 is 4.91. The van der Waals surface area contributed by atoms with Gasteiger partial charge in [-0.1, -0.05) is 64.7 Å². The number of rotatable bonds is 13. The first-order chi connectivity index (χ1) is 8.27. The molecule has 0 aliphatic rings. The van der Waals surface area contributed by atoms with Crippen LogP contribution >= 0.6 is 0 Å². The highest BCUT2D eigenvalue weighted by molar-refractivity contribution is 5.65. The number of carbonyl (C=O) groups is 1. The molecule has 0 fully saturated rings. The van der Waals surface area contributed by atoms with Crippen molar-refractivity contribution in [3.05, 3.63) is 0 Å². The molecule has 0 atom stereocenters. The van der Waals surface area contributed by atoms with E-state index >= 15 is 0 Å². The molecule has 0 N–H and O–H groups in total. The Hall–Kier alpha value is -0.570. The molecule has 0 rings (SSSR count). The second-order valence-corrected chi connectivity index (χ2v) is 4.61. The summed E-state index contributed by atoms with van der Waals surface area (Å²) in [5.74, 6) is -1.13. The maximum absolute atomic E-state index is 10.0. The van der Waals surface area contributed by atoms with E-state index in [4.69, 9.17) is 4.74 Å². The monoisotopic (exact) mass is 243 g/mol. The van der Waals surface area contributed by atoms with Crippen molar-refractivity contribution in [1.29, 1.82) is 0 Å². The van der Waals surface area contributed by atoms with Crippen LogP contribution in [0.4, 0.5) is 0 Å². The first-order valence-electron chi connectivity index (χ1n) is 7.05. The Labute approximate surface area is 106 Å². The third-order valence-electron chi connectivity index (χ3n) is 2.86. The summed E-state index contributed by atoms with van der Waals surface area (Å²) >= 11 is 0.